The molecule has 0 aliphatic heterocycles. The van der Waals surface area contributed by atoms with Crippen molar-refractivity contribution in [3.05, 3.63) is 0 Å². The van der Waals surface area contributed by atoms with Gasteiger partial charge < -0.3 is 15.2 Å². The molecular weight excluding hydrogens is 154 g/mol. The molecule has 72 valence electrons. The minimum atomic E-state index is 0.244. The molecule has 0 aromatic carbocycles. The average molecular weight is 173 g/mol. The van der Waals surface area contributed by atoms with Crippen molar-refractivity contribution in [3.8, 4) is 0 Å². The molecule has 1 saturated carbocycles. The summed E-state index contributed by atoms with van der Waals surface area (Å²) >= 11 is 0. The second-order valence-electron chi connectivity index (χ2n) is 3.46. The van der Waals surface area contributed by atoms with Crippen LogP contribution in [0.3, 0.4) is 0 Å². The number of ether oxygens (including phenoxy) is 1. The van der Waals surface area contributed by atoms with Crippen LogP contribution in [0, 0.1) is 0 Å². The molecule has 0 heterocycles. The molecule has 1 aliphatic carbocycles. The molecule has 1 unspecified atom stereocenters. The van der Waals surface area contributed by atoms with Gasteiger partial charge in [-0.1, -0.05) is 6.42 Å². The Balaban J connectivity index is 2.11. The van der Waals surface area contributed by atoms with Crippen molar-refractivity contribution in [1.29, 1.82) is 0 Å². The normalized spacial score (nSPS) is 20.5. The predicted molar refractivity (Wildman–Crippen MR) is 48.1 cm³/mol. The maximum atomic E-state index is 8.77. The van der Waals surface area contributed by atoms with E-state index >= 15 is 0 Å². The summed E-state index contributed by atoms with van der Waals surface area (Å²) in [7, 11) is 1.70. The molecule has 1 rings (SSSR count). The summed E-state index contributed by atoms with van der Waals surface area (Å²) < 4.78 is 5.05. The van der Waals surface area contributed by atoms with Crippen molar-refractivity contribution in [2.75, 3.05) is 20.3 Å². The van der Waals surface area contributed by atoms with Crippen LogP contribution in [0.4, 0.5) is 0 Å². The molecular formula is C9H19NO2. The van der Waals surface area contributed by atoms with Crippen LogP contribution in [0.15, 0.2) is 0 Å². The molecule has 0 aromatic rings. The minimum Gasteiger partial charge on any atom is -0.396 e. The van der Waals surface area contributed by atoms with Crippen LogP contribution >= 0.6 is 0 Å². The van der Waals surface area contributed by atoms with E-state index in [2.05, 4.69) is 5.32 Å². The largest absolute Gasteiger partial charge is 0.396 e. The molecule has 1 fully saturated rings. The molecule has 0 saturated heterocycles. The summed E-state index contributed by atoms with van der Waals surface area (Å²) in [6.45, 7) is 0.949. The lowest BCUT2D eigenvalue weighted by Gasteiger charge is -2.31. The zero-order chi connectivity index (χ0) is 8.81. The van der Waals surface area contributed by atoms with Crippen molar-refractivity contribution in [2.24, 2.45) is 0 Å². The first kappa shape index (κ1) is 9.96. The smallest absolute Gasteiger partial charge is 0.0616 e. The van der Waals surface area contributed by atoms with Gasteiger partial charge in [0.15, 0.2) is 0 Å². The second kappa shape index (κ2) is 5.51. The second-order valence-corrected chi connectivity index (χ2v) is 3.46. The van der Waals surface area contributed by atoms with E-state index in [1.165, 1.54) is 19.3 Å². The molecule has 12 heavy (non-hydrogen) atoms. The van der Waals surface area contributed by atoms with E-state index in [0.717, 1.165) is 6.42 Å². The first-order valence-electron chi connectivity index (χ1n) is 4.72. The molecule has 0 aromatic heterocycles. The van der Waals surface area contributed by atoms with E-state index in [1.54, 1.807) is 7.11 Å². The number of methoxy groups -OCH3 is 1. The molecule has 3 nitrogen and oxygen atoms in total. The van der Waals surface area contributed by atoms with Crippen molar-refractivity contribution in [3.63, 3.8) is 0 Å². The summed E-state index contributed by atoms with van der Waals surface area (Å²) in [5.74, 6) is 0. The van der Waals surface area contributed by atoms with Crippen LogP contribution in [0.25, 0.3) is 0 Å². The van der Waals surface area contributed by atoms with Crippen molar-refractivity contribution in [1.82, 2.24) is 5.32 Å². The quantitative estimate of drug-likeness (QED) is 0.615. The lowest BCUT2D eigenvalue weighted by molar-refractivity contribution is 0.133. The Morgan fingerprint density at radius 1 is 1.58 bits per heavy atom. The highest BCUT2D eigenvalue weighted by Gasteiger charge is 2.20. The van der Waals surface area contributed by atoms with E-state index < -0.39 is 0 Å². The summed E-state index contributed by atoms with van der Waals surface area (Å²) in [6.07, 6.45) is 4.71. The topological polar surface area (TPSA) is 41.5 Å². The molecule has 1 atom stereocenters. The number of nitrogens with one attached hydrogen (secondary N) is 1. The molecule has 3 heteroatoms. The first-order valence-corrected chi connectivity index (χ1v) is 4.72. The van der Waals surface area contributed by atoms with Gasteiger partial charge in [0.1, 0.15) is 0 Å². The molecule has 1 aliphatic rings. The standard InChI is InChI=1S/C9H19NO2/c1-12-7-9(5-6-11)10-8-3-2-4-8/h8-11H,2-7H2,1H3. The Bertz CT molecular complexity index is 109. The Labute approximate surface area is 74.1 Å². The van der Waals surface area contributed by atoms with Gasteiger partial charge in [-0.05, 0) is 19.3 Å². The van der Waals surface area contributed by atoms with Crippen LogP contribution in [0.2, 0.25) is 0 Å². The lowest BCUT2D eigenvalue weighted by Crippen LogP contribution is -2.44. The fourth-order valence-electron chi connectivity index (χ4n) is 1.48. The maximum absolute atomic E-state index is 8.77. The molecule has 0 spiro atoms. The van der Waals surface area contributed by atoms with Gasteiger partial charge in [-0.25, -0.2) is 0 Å². The van der Waals surface area contributed by atoms with Crippen molar-refractivity contribution < 1.29 is 9.84 Å². The Morgan fingerprint density at radius 2 is 2.33 bits per heavy atom. The van der Waals surface area contributed by atoms with Gasteiger partial charge in [-0.3, -0.25) is 0 Å². The van der Waals surface area contributed by atoms with Gasteiger partial charge >= 0.3 is 0 Å². The molecule has 0 radical (unpaired) electrons. The van der Waals surface area contributed by atoms with Crippen molar-refractivity contribution >= 4 is 0 Å². The van der Waals surface area contributed by atoms with E-state index in [-0.39, 0.29) is 6.61 Å². The average Bonchev–Trinajstić information content (AvgIpc) is 1.97. The van der Waals surface area contributed by atoms with Crippen LogP contribution in [0.5, 0.6) is 0 Å². The van der Waals surface area contributed by atoms with Gasteiger partial charge in [0.2, 0.25) is 0 Å². The van der Waals surface area contributed by atoms with E-state index in [4.69, 9.17) is 9.84 Å². The summed E-state index contributed by atoms with van der Waals surface area (Å²) in [6, 6.07) is 1.02. The monoisotopic (exact) mass is 173 g/mol. The summed E-state index contributed by atoms with van der Waals surface area (Å²) in [5, 5.41) is 12.2. The maximum Gasteiger partial charge on any atom is 0.0616 e. The van der Waals surface area contributed by atoms with Crippen LogP contribution in [0.1, 0.15) is 25.7 Å². The fourth-order valence-corrected chi connectivity index (χ4v) is 1.48. The zero-order valence-electron chi connectivity index (χ0n) is 7.75. The number of aliphatic hydroxyl groups is 1. The minimum absolute atomic E-state index is 0.244. The number of hydrogen-bond acceptors (Lipinski definition) is 3. The van der Waals surface area contributed by atoms with E-state index in [0.29, 0.717) is 18.7 Å². The van der Waals surface area contributed by atoms with Crippen LogP contribution < -0.4 is 5.32 Å². The first-order chi connectivity index (χ1) is 5.86. The third kappa shape index (κ3) is 3.09. The third-order valence-electron chi connectivity index (χ3n) is 2.42. The van der Waals surface area contributed by atoms with Gasteiger partial charge in [0.05, 0.1) is 6.61 Å². The van der Waals surface area contributed by atoms with Crippen LogP contribution in [-0.4, -0.2) is 37.5 Å². The van der Waals surface area contributed by atoms with Gasteiger partial charge in [-0.15, -0.1) is 0 Å². The SMILES string of the molecule is COCC(CCO)NC1CCC1. The number of rotatable bonds is 6. The summed E-state index contributed by atoms with van der Waals surface area (Å²) in [5.41, 5.74) is 0. The highest BCUT2D eigenvalue weighted by molar-refractivity contribution is 4.80. The zero-order valence-corrected chi connectivity index (χ0v) is 7.75. The Hall–Kier alpha value is -0.120. The van der Waals surface area contributed by atoms with Gasteiger partial charge in [0, 0.05) is 25.8 Å². The highest BCUT2D eigenvalue weighted by atomic mass is 16.5. The third-order valence-corrected chi connectivity index (χ3v) is 2.42. The van der Waals surface area contributed by atoms with Crippen molar-refractivity contribution in [2.45, 2.75) is 37.8 Å². The van der Waals surface area contributed by atoms with Gasteiger partial charge in [-0.2, -0.15) is 0 Å². The molecule has 0 bridgehead atoms. The number of aliphatic hydroxyl groups excluding tert-OH is 1. The van der Waals surface area contributed by atoms with Crippen LogP contribution in [-0.2, 0) is 4.74 Å². The Morgan fingerprint density at radius 3 is 2.75 bits per heavy atom. The summed E-state index contributed by atoms with van der Waals surface area (Å²) in [4.78, 5) is 0. The van der Waals surface area contributed by atoms with E-state index in [9.17, 15) is 0 Å². The number of hydrogen-bond donors (Lipinski definition) is 2. The lowest BCUT2D eigenvalue weighted by atomic mass is 9.92. The molecule has 0 amide bonds. The predicted octanol–water partition coefficient (Wildman–Crippen LogP) is 0.526. The fraction of sp³-hybridized carbons (Fsp3) is 1.00. The van der Waals surface area contributed by atoms with Gasteiger partial charge in [0.25, 0.3) is 0 Å². The highest BCUT2D eigenvalue weighted by Crippen LogP contribution is 2.18. The molecule has 2 N–H and O–H groups in total. The van der Waals surface area contributed by atoms with E-state index in [1.807, 2.05) is 0 Å². The Kier molecular flexibility index (Phi) is 4.58.